The number of carbonyl (C=O) groups is 1. The third-order valence-electron chi connectivity index (χ3n) is 3.03. The van der Waals surface area contributed by atoms with Gasteiger partial charge >= 0.3 is 0 Å². The van der Waals surface area contributed by atoms with Crippen LogP contribution < -0.4 is 5.32 Å². The summed E-state index contributed by atoms with van der Waals surface area (Å²) < 4.78 is 11.2. The van der Waals surface area contributed by atoms with Gasteiger partial charge in [0.05, 0.1) is 6.42 Å². The topological polar surface area (TPSA) is 66.4 Å². The first kappa shape index (κ1) is 13.1. The molecule has 0 radical (unpaired) electrons. The van der Waals surface area contributed by atoms with Crippen LogP contribution in [0.4, 0.5) is 0 Å². The fraction of sp³-hybridized carbons (Fsp3) is 0.462. The van der Waals surface area contributed by atoms with Crippen LogP contribution in [0.2, 0.25) is 0 Å². The van der Waals surface area contributed by atoms with Crippen molar-refractivity contribution in [1.29, 1.82) is 0 Å². The van der Waals surface area contributed by atoms with Crippen LogP contribution in [0.25, 0.3) is 0 Å². The molecule has 0 saturated carbocycles. The molecule has 1 aromatic carbocycles. The first-order valence-corrected chi connectivity index (χ1v) is 7.54. The summed E-state index contributed by atoms with van der Waals surface area (Å²) in [6, 6.07) is 6.86. The molecule has 0 aromatic heterocycles. The molecule has 1 fully saturated rings. The largest absolute Gasteiger partial charge is 0.508 e. The predicted molar refractivity (Wildman–Crippen MR) is 70.9 cm³/mol. The average Bonchev–Trinajstić information content (AvgIpc) is 2.32. The third kappa shape index (κ3) is 3.84. The first-order valence-electron chi connectivity index (χ1n) is 6.06. The molecular formula is C13H17NO3S. The van der Waals surface area contributed by atoms with Crippen molar-refractivity contribution in [2.75, 3.05) is 11.5 Å². The van der Waals surface area contributed by atoms with Gasteiger partial charge in [-0.1, -0.05) is 12.1 Å². The fourth-order valence-electron chi connectivity index (χ4n) is 2.07. The van der Waals surface area contributed by atoms with E-state index in [0.29, 0.717) is 11.5 Å². The van der Waals surface area contributed by atoms with Gasteiger partial charge < -0.3 is 10.4 Å². The number of phenolic OH excluding ortho intramolecular Hbond substituents is 1. The summed E-state index contributed by atoms with van der Waals surface area (Å²) in [5.74, 6) is 1.49. The molecule has 0 atom stereocenters. The van der Waals surface area contributed by atoms with Crippen molar-refractivity contribution in [3.63, 3.8) is 0 Å². The van der Waals surface area contributed by atoms with Gasteiger partial charge in [0.2, 0.25) is 5.91 Å². The van der Waals surface area contributed by atoms with Gasteiger partial charge in [-0.15, -0.1) is 0 Å². The smallest absolute Gasteiger partial charge is 0.224 e. The number of hydrogen-bond donors (Lipinski definition) is 2. The van der Waals surface area contributed by atoms with Crippen molar-refractivity contribution < 1.29 is 14.1 Å². The van der Waals surface area contributed by atoms with Crippen LogP contribution in [0, 0.1) is 0 Å². The van der Waals surface area contributed by atoms with Crippen LogP contribution in [0.5, 0.6) is 5.75 Å². The number of amides is 1. The number of rotatable bonds is 3. The standard InChI is InChI=1S/C13H17NO3S/c15-12-3-1-2-10(8-12)9-13(16)14-11-4-6-18(17)7-5-11/h1-3,8,11,15H,4-7,9H2,(H,14,16). The molecule has 2 N–H and O–H groups in total. The molecule has 1 aliphatic rings. The van der Waals surface area contributed by atoms with Gasteiger partial charge in [0, 0.05) is 28.3 Å². The quantitative estimate of drug-likeness (QED) is 0.857. The lowest BCUT2D eigenvalue weighted by Crippen LogP contribution is -2.40. The molecule has 1 aromatic rings. The van der Waals surface area contributed by atoms with E-state index >= 15 is 0 Å². The number of hydrogen-bond acceptors (Lipinski definition) is 3. The van der Waals surface area contributed by atoms with E-state index < -0.39 is 10.8 Å². The maximum Gasteiger partial charge on any atom is 0.224 e. The molecule has 1 amide bonds. The lowest BCUT2D eigenvalue weighted by atomic mass is 10.1. The highest BCUT2D eigenvalue weighted by atomic mass is 32.2. The molecule has 4 nitrogen and oxygen atoms in total. The van der Waals surface area contributed by atoms with E-state index in [1.807, 2.05) is 6.07 Å². The molecule has 1 aliphatic heterocycles. The Morgan fingerprint density at radius 3 is 2.78 bits per heavy atom. The highest BCUT2D eigenvalue weighted by molar-refractivity contribution is 7.85. The van der Waals surface area contributed by atoms with Crippen molar-refractivity contribution in [3.8, 4) is 5.75 Å². The van der Waals surface area contributed by atoms with Gasteiger partial charge in [0.15, 0.2) is 0 Å². The number of phenols is 1. The summed E-state index contributed by atoms with van der Waals surface area (Å²) >= 11 is 0. The molecule has 0 spiro atoms. The zero-order valence-electron chi connectivity index (χ0n) is 10.1. The van der Waals surface area contributed by atoms with Gasteiger partial charge in [-0.2, -0.15) is 0 Å². The Labute approximate surface area is 109 Å². The molecular weight excluding hydrogens is 250 g/mol. The summed E-state index contributed by atoms with van der Waals surface area (Å²) in [6.45, 7) is 0. The van der Waals surface area contributed by atoms with Gasteiger partial charge in [-0.3, -0.25) is 9.00 Å². The third-order valence-corrected chi connectivity index (χ3v) is 4.41. The number of nitrogens with one attached hydrogen (secondary N) is 1. The molecule has 1 saturated heterocycles. The summed E-state index contributed by atoms with van der Waals surface area (Å²) in [7, 11) is -0.701. The van der Waals surface area contributed by atoms with E-state index in [9.17, 15) is 14.1 Å². The van der Waals surface area contributed by atoms with E-state index in [1.54, 1.807) is 18.2 Å². The fourth-order valence-corrected chi connectivity index (χ4v) is 3.37. The summed E-state index contributed by atoms with van der Waals surface area (Å²) in [5, 5.41) is 12.3. The summed E-state index contributed by atoms with van der Waals surface area (Å²) in [5.41, 5.74) is 0.798. The normalized spacial score (nSPS) is 23.6. The van der Waals surface area contributed by atoms with E-state index in [4.69, 9.17) is 0 Å². The SMILES string of the molecule is O=C(Cc1cccc(O)c1)NC1CCS(=O)CC1. The van der Waals surface area contributed by atoms with Crippen molar-refractivity contribution in [1.82, 2.24) is 5.32 Å². The van der Waals surface area contributed by atoms with Crippen LogP contribution in [-0.2, 0) is 22.0 Å². The van der Waals surface area contributed by atoms with Gasteiger partial charge in [-0.25, -0.2) is 0 Å². The van der Waals surface area contributed by atoms with Crippen molar-refractivity contribution in [2.45, 2.75) is 25.3 Å². The minimum absolute atomic E-state index is 0.0433. The molecule has 1 heterocycles. The van der Waals surface area contributed by atoms with Crippen LogP contribution in [0.1, 0.15) is 18.4 Å². The lowest BCUT2D eigenvalue weighted by Gasteiger charge is -2.22. The second-order valence-electron chi connectivity index (χ2n) is 4.54. The Kier molecular flexibility index (Phi) is 4.36. The number of benzene rings is 1. The van der Waals surface area contributed by atoms with Crippen LogP contribution in [0.3, 0.4) is 0 Å². The monoisotopic (exact) mass is 267 g/mol. The molecule has 98 valence electrons. The highest BCUT2D eigenvalue weighted by Gasteiger charge is 2.19. The zero-order valence-corrected chi connectivity index (χ0v) is 10.9. The maximum atomic E-state index is 11.8. The Bertz CT molecular complexity index is 451. The van der Waals surface area contributed by atoms with Crippen molar-refractivity contribution in [2.24, 2.45) is 0 Å². The maximum absolute atomic E-state index is 11.8. The second-order valence-corrected chi connectivity index (χ2v) is 6.23. The van der Waals surface area contributed by atoms with E-state index in [-0.39, 0.29) is 24.1 Å². The van der Waals surface area contributed by atoms with Crippen LogP contribution in [0.15, 0.2) is 24.3 Å². The molecule has 0 aliphatic carbocycles. The van der Waals surface area contributed by atoms with Crippen molar-refractivity contribution >= 4 is 16.7 Å². The Morgan fingerprint density at radius 2 is 2.11 bits per heavy atom. The summed E-state index contributed by atoms with van der Waals surface area (Å²) in [4.78, 5) is 11.8. The molecule has 18 heavy (non-hydrogen) atoms. The Hall–Kier alpha value is -1.36. The lowest BCUT2D eigenvalue weighted by molar-refractivity contribution is -0.121. The molecule has 0 unspecified atom stereocenters. The molecule has 0 bridgehead atoms. The minimum atomic E-state index is -0.701. The number of carbonyl (C=O) groups excluding carboxylic acids is 1. The molecule has 5 heteroatoms. The minimum Gasteiger partial charge on any atom is -0.508 e. The van der Waals surface area contributed by atoms with E-state index in [0.717, 1.165) is 18.4 Å². The van der Waals surface area contributed by atoms with E-state index in [2.05, 4.69) is 5.32 Å². The molecule has 2 rings (SSSR count). The Balaban J connectivity index is 1.83. The average molecular weight is 267 g/mol. The van der Waals surface area contributed by atoms with Gasteiger partial charge in [0.25, 0.3) is 0 Å². The predicted octanol–water partition coefficient (Wildman–Crippen LogP) is 0.962. The first-order chi connectivity index (χ1) is 8.63. The summed E-state index contributed by atoms with van der Waals surface area (Å²) in [6.07, 6.45) is 1.85. The second kappa shape index (κ2) is 6.00. The zero-order chi connectivity index (χ0) is 13.0. The van der Waals surface area contributed by atoms with Gasteiger partial charge in [-0.05, 0) is 30.5 Å². The van der Waals surface area contributed by atoms with Gasteiger partial charge in [0.1, 0.15) is 5.75 Å². The highest BCUT2D eigenvalue weighted by Crippen LogP contribution is 2.12. The van der Waals surface area contributed by atoms with Crippen LogP contribution in [-0.4, -0.2) is 32.8 Å². The number of aromatic hydroxyl groups is 1. The van der Waals surface area contributed by atoms with Crippen molar-refractivity contribution in [3.05, 3.63) is 29.8 Å². The van der Waals surface area contributed by atoms with E-state index in [1.165, 1.54) is 0 Å². The van der Waals surface area contributed by atoms with Crippen LogP contribution >= 0.6 is 0 Å². The Morgan fingerprint density at radius 1 is 1.39 bits per heavy atom.